The van der Waals surface area contributed by atoms with Crippen LogP contribution in [-0.4, -0.2) is 31.5 Å². The van der Waals surface area contributed by atoms with E-state index < -0.39 is 16.7 Å². The first-order valence-corrected chi connectivity index (χ1v) is 8.87. The summed E-state index contributed by atoms with van der Waals surface area (Å²) in [5, 5.41) is 4.76. The molecule has 2 heterocycles. The van der Waals surface area contributed by atoms with Crippen molar-refractivity contribution in [2.24, 2.45) is 0 Å². The summed E-state index contributed by atoms with van der Waals surface area (Å²) in [4.78, 5) is 34.8. The molecule has 3 aromatic rings. The zero-order valence-corrected chi connectivity index (χ0v) is 14.1. The molecule has 1 aromatic carbocycles. The number of benzene rings is 1. The lowest BCUT2D eigenvalue weighted by Gasteiger charge is -2.06. The van der Waals surface area contributed by atoms with Gasteiger partial charge in [-0.15, -0.1) is 11.3 Å². The zero-order chi connectivity index (χ0) is 17.6. The Morgan fingerprint density at radius 3 is 2.72 bits per heavy atom. The Balaban J connectivity index is 1.77. The van der Waals surface area contributed by atoms with Crippen molar-refractivity contribution < 1.29 is 18.5 Å². The van der Waals surface area contributed by atoms with E-state index in [1.807, 2.05) is 0 Å². The number of rotatable bonds is 6. The van der Waals surface area contributed by atoms with E-state index in [1.165, 1.54) is 24.5 Å². The molecule has 0 radical (unpaired) electrons. The fourth-order valence-electron chi connectivity index (χ4n) is 1.85. The average molecular weight is 374 g/mol. The van der Waals surface area contributed by atoms with Crippen LogP contribution in [0.5, 0.6) is 5.75 Å². The molecular formula is C15H10N4O4S2. The van der Waals surface area contributed by atoms with Crippen LogP contribution in [0.25, 0.3) is 0 Å². The molecule has 0 spiro atoms. The van der Waals surface area contributed by atoms with E-state index in [4.69, 9.17) is 4.74 Å². The molecule has 0 aliphatic rings. The molecule has 25 heavy (non-hydrogen) atoms. The van der Waals surface area contributed by atoms with Gasteiger partial charge in [-0.05, 0) is 18.2 Å². The van der Waals surface area contributed by atoms with Crippen LogP contribution in [0.2, 0.25) is 0 Å². The van der Waals surface area contributed by atoms with Crippen LogP contribution in [0.4, 0.5) is 5.13 Å². The number of nitrogens with zero attached hydrogens (tertiary/aromatic N) is 3. The van der Waals surface area contributed by atoms with Gasteiger partial charge in [0.05, 0.1) is 5.56 Å². The smallest absolute Gasteiger partial charge is 0.298 e. The van der Waals surface area contributed by atoms with Crippen LogP contribution in [0.15, 0.2) is 58.3 Å². The largest absolute Gasteiger partial charge is 0.428 e. The number of nitrogens with one attached hydrogen (secondary N) is 1. The van der Waals surface area contributed by atoms with E-state index in [1.54, 1.807) is 23.6 Å². The van der Waals surface area contributed by atoms with E-state index in [9.17, 15) is 13.8 Å². The molecule has 8 nitrogen and oxygen atoms in total. The molecule has 0 bridgehead atoms. The lowest BCUT2D eigenvalue weighted by atomic mass is 10.2. The first-order valence-electron chi connectivity index (χ1n) is 6.84. The summed E-state index contributed by atoms with van der Waals surface area (Å²) in [5.74, 6) is -0.367. The van der Waals surface area contributed by atoms with Gasteiger partial charge in [0.1, 0.15) is 21.6 Å². The summed E-state index contributed by atoms with van der Waals surface area (Å²) in [6.45, 7) is 0.247. The number of anilines is 1. The number of carbonyl (C=O) groups excluding carboxylic acids is 2. The molecule has 1 amide bonds. The molecule has 1 unspecified atom stereocenters. The summed E-state index contributed by atoms with van der Waals surface area (Å²) in [5.41, 5.74) is 0.180. The number of carbonyl (C=O) groups is 2. The summed E-state index contributed by atoms with van der Waals surface area (Å²) in [6, 6.07) is 7.91. The fourth-order valence-corrected chi connectivity index (χ4v) is 3.64. The van der Waals surface area contributed by atoms with E-state index in [2.05, 4.69) is 20.3 Å². The van der Waals surface area contributed by atoms with Crippen LogP contribution in [0.3, 0.4) is 0 Å². The van der Waals surface area contributed by atoms with Gasteiger partial charge in [-0.2, -0.15) is 0 Å². The normalized spacial score (nSPS) is 11.5. The van der Waals surface area contributed by atoms with Gasteiger partial charge in [0.25, 0.3) is 12.4 Å². The summed E-state index contributed by atoms with van der Waals surface area (Å²) in [6.07, 6.45) is 2.97. The van der Waals surface area contributed by atoms with Gasteiger partial charge in [-0.1, -0.05) is 12.1 Å². The van der Waals surface area contributed by atoms with Gasteiger partial charge in [0, 0.05) is 17.8 Å². The predicted molar refractivity (Wildman–Crippen MR) is 89.9 cm³/mol. The Bertz CT molecular complexity index is 930. The number of hydrogen-bond acceptors (Lipinski definition) is 8. The summed E-state index contributed by atoms with van der Waals surface area (Å²) in [7, 11) is -1.64. The molecule has 10 heteroatoms. The lowest BCUT2D eigenvalue weighted by Crippen LogP contribution is -2.13. The fraction of sp³-hybridized carbons (Fsp3) is 0. The molecule has 0 aliphatic heterocycles. The van der Waals surface area contributed by atoms with Gasteiger partial charge < -0.3 is 4.74 Å². The van der Waals surface area contributed by atoms with Crippen molar-refractivity contribution in [3.05, 3.63) is 53.7 Å². The van der Waals surface area contributed by atoms with Gasteiger partial charge in [0.15, 0.2) is 5.13 Å². The lowest BCUT2D eigenvalue weighted by molar-refractivity contribution is -0.120. The van der Waals surface area contributed by atoms with Crippen molar-refractivity contribution in [2.45, 2.75) is 10.2 Å². The summed E-state index contributed by atoms with van der Waals surface area (Å²) < 4.78 is 17.1. The molecule has 3 rings (SSSR count). The van der Waals surface area contributed by atoms with E-state index in [-0.39, 0.29) is 33.1 Å². The van der Waals surface area contributed by atoms with Crippen molar-refractivity contribution in [1.29, 1.82) is 0 Å². The molecule has 1 atom stereocenters. The first kappa shape index (κ1) is 16.9. The maximum absolute atomic E-state index is 12.3. The van der Waals surface area contributed by atoms with Crippen LogP contribution in [0, 0.1) is 0 Å². The third kappa shape index (κ3) is 3.92. The topological polar surface area (TPSA) is 111 Å². The molecule has 2 aromatic heterocycles. The van der Waals surface area contributed by atoms with Crippen molar-refractivity contribution in [3.63, 3.8) is 0 Å². The molecule has 1 N–H and O–H groups in total. The SMILES string of the molecule is O=COc1ccccc1C(=O)Nc1nc(S(=O)c2ncccn2)cs1. The third-order valence-corrected chi connectivity index (χ3v) is 4.95. The molecule has 126 valence electrons. The van der Waals surface area contributed by atoms with E-state index in [0.29, 0.717) is 0 Å². The highest BCUT2D eigenvalue weighted by Gasteiger charge is 2.17. The van der Waals surface area contributed by atoms with Crippen molar-refractivity contribution in [1.82, 2.24) is 15.0 Å². The van der Waals surface area contributed by atoms with Gasteiger partial charge in [-0.3, -0.25) is 14.9 Å². The van der Waals surface area contributed by atoms with Crippen molar-refractivity contribution in [2.75, 3.05) is 5.32 Å². The Hall–Kier alpha value is -2.98. The number of aromatic nitrogens is 3. The van der Waals surface area contributed by atoms with Gasteiger partial charge in [-0.25, -0.2) is 19.2 Å². The van der Waals surface area contributed by atoms with Crippen molar-refractivity contribution >= 4 is 39.6 Å². The molecule has 0 fully saturated rings. The van der Waals surface area contributed by atoms with Crippen LogP contribution in [-0.2, 0) is 15.6 Å². The van der Waals surface area contributed by atoms with Gasteiger partial charge >= 0.3 is 0 Å². The predicted octanol–water partition coefficient (Wildman–Crippen LogP) is 1.89. The first-order chi connectivity index (χ1) is 12.2. The van der Waals surface area contributed by atoms with E-state index >= 15 is 0 Å². The minimum Gasteiger partial charge on any atom is -0.428 e. The quantitative estimate of drug-likeness (QED) is 0.518. The average Bonchev–Trinajstić information content (AvgIpc) is 3.11. The van der Waals surface area contributed by atoms with Gasteiger partial charge in [0.2, 0.25) is 5.16 Å². The number of para-hydroxylation sites is 1. The Morgan fingerprint density at radius 2 is 1.96 bits per heavy atom. The number of thiazole rings is 1. The highest BCUT2D eigenvalue weighted by Crippen LogP contribution is 2.23. The second kappa shape index (κ2) is 7.73. The maximum Gasteiger partial charge on any atom is 0.298 e. The third-order valence-electron chi connectivity index (χ3n) is 2.91. The zero-order valence-electron chi connectivity index (χ0n) is 12.5. The van der Waals surface area contributed by atoms with Crippen LogP contribution < -0.4 is 10.1 Å². The monoisotopic (exact) mass is 374 g/mol. The molecule has 0 saturated heterocycles. The minimum atomic E-state index is -1.64. The van der Waals surface area contributed by atoms with E-state index in [0.717, 1.165) is 11.3 Å². The second-order valence-electron chi connectivity index (χ2n) is 4.46. The number of hydrogen-bond donors (Lipinski definition) is 1. The molecule has 0 saturated carbocycles. The van der Waals surface area contributed by atoms with Crippen LogP contribution in [0.1, 0.15) is 10.4 Å². The Labute approximate surface area is 148 Å². The minimum absolute atomic E-state index is 0.132. The molecular weight excluding hydrogens is 364 g/mol. The number of ether oxygens (including phenoxy) is 1. The summed E-state index contributed by atoms with van der Waals surface area (Å²) >= 11 is 1.11. The molecule has 0 aliphatic carbocycles. The number of amides is 1. The Morgan fingerprint density at radius 1 is 1.20 bits per heavy atom. The second-order valence-corrected chi connectivity index (χ2v) is 6.63. The Kier molecular flexibility index (Phi) is 5.21. The highest BCUT2D eigenvalue weighted by molar-refractivity contribution is 7.85. The highest BCUT2D eigenvalue weighted by atomic mass is 32.2. The standard InChI is InChI=1S/C15H10N4O4S2/c20-9-23-11-5-2-1-4-10(11)13(21)19-14-18-12(8-24-14)25(22)15-16-6-3-7-17-15/h1-9H,(H,18,19,21). The van der Waals surface area contributed by atoms with Crippen LogP contribution >= 0.6 is 11.3 Å². The maximum atomic E-state index is 12.3. The van der Waals surface area contributed by atoms with Crippen molar-refractivity contribution in [3.8, 4) is 5.75 Å².